The molecule has 0 radical (unpaired) electrons. The Morgan fingerprint density at radius 2 is 1.84 bits per heavy atom. The number of hydrogen-bond acceptors (Lipinski definition) is 9. The number of piperidine rings is 1. The Balaban J connectivity index is 0.00000448. The van der Waals surface area contributed by atoms with Gasteiger partial charge in [0, 0.05) is 65.8 Å². The van der Waals surface area contributed by atoms with Gasteiger partial charge >= 0.3 is 5.97 Å². The Hall–Kier alpha value is -4.14. The molecular formula is C38H45BrN6O6. The monoisotopic (exact) mass is 760 g/mol. The molecule has 3 aliphatic rings. The summed E-state index contributed by atoms with van der Waals surface area (Å²) in [6.07, 6.45) is 2.10. The first-order valence-corrected chi connectivity index (χ1v) is 17.3. The molecule has 1 saturated heterocycles. The minimum absolute atomic E-state index is 0. The van der Waals surface area contributed by atoms with E-state index in [0.717, 1.165) is 59.2 Å². The number of nitrogens with zero attached hydrogens (tertiary/aromatic N) is 4. The number of amides is 1. The van der Waals surface area contributed by atoms with Gasteiger partial charge in [-0.25, -0.2) is 9.78 Å². The summed E-state index contributed by atoms with van der Waals surface area (Å²) < 4.78 is 7.67. The van der Waals surface area contributed by atoms with Crippen LogP contribution in [0.15, 0.2) is 53.3 Å². The second-order valence-electron chi connectivity index (χ2n) is 14.6. The minimum Gasteiger partial charge on any atom is -1.00 e. The van der Waals surface area contributed by atoms with E-state index in [4.69, 9.17) is 15.5 Å². The molecule has 1 amide bonds. The van der Waals surface area contributed by atoms with Gasteiger partial charge in [-0.15, -0.1) is 0 Å². The van der Waals surface area contributed by atoms with Crippen molar-refractivity contribution in [3.05, 3.63) is 86.7 Å². The lowest BCUT2D eigenvalue weighted by Crippen LogP contribution is -3.00. The van der Waals surface area contributed by atoms with Gasteiger partial charge in [-0.3, -0.25) is 14.5 Å². The number of cyclic esters (lactones) is 1. The maximum atomic E-state index is 13.6. The number of carbonyl (C=O) groups excluding carboxylic acids is 2. The smallest absolute Gasteiger partial charge is 0.343 e. The number of likely N-dealkylation sites (tertiary alicyclic amines) is 1. The number of hydrogen-bond donors (Lipinski definition) is 4. The molecule has 5 N–H and O–H groups in total. The van der Waals surface area contributed by atoms with E-state index in [0.29, 0.717) is 47.2 Å². The zero-order valence-corrected chi connectivity index (χ0v) is 31.0. The van der Waals surface area contributed by atoms with Gasteiger partial charge in [0.2, 0.25) is 5.91 Å². The highest BCUT2D eigenvalue weighted by atomic mass is 79.9. The number of aromatic hydroxyl groups is 1. The first-order valence-electron chi connectivity index (χ1n) is 17.3. The molecule has 12 nitrogen and oxygen atoms in total. The summed E-state index contributed by atoms with van der Waals surface area (Å²) >= 11 is 0. The molecule has 13 heteroatoms. The molecular weight excluding hydrogens is 716 g/mol. The summed E-state index contributed by atoms with van der Waals surface area (Å²) in [5.74, 6) is -0.741. The van der Waals surface area contributed by atoms with Gasteiger partial charge in [-0.2, -0.15) is 0 Å². The number of fused-ring (bicyclic) bond motifs is 5. The van der Waals surface area contributed by atoms with E-state index in [1.807, 2.05) is 18.2 Å². The van der Waals surface area contributed by atoms with Gasteiger partial charge in [0.1, 0.15) is 18.9 Å². The van der Waals surface area contributed by atoms with Gasteiger partial charge in [0.15, 0.2) is 5.60 Å². The molecule has 2 aromatic carbocycles. The molecule has 1 fully saturated rings. The molecule has 0 unspecified atom stereocenters. The number of rotatable bonds is 8. The highest BCUT2D eigenvalue weighted by Gasteiger charge is 2.45. The summed E-state index contributed by atoms with van der Waals surface area (Å²) in [6, 6.07) is 15.1. The number of esters is 1. The highest BCUT2D eigenvalue weighted by Crippen LogP contribution is 2.40. The number of aromatic nitrogens is 2. The highest BCUT2D eigenvalue weighted by molar-refractivity contribution is 5.94. The minimum atomic E-state index is -1.88. The van der Waals surface area contributed by atoms with Crippen LogP contribution in [0.2, 0.25) is 0 Å². The fourth-order valence-electron chi connectivity index (χ4n) is 7.82. The molecule has 4 aromatic rings. The molecule has 2 aromatic heterocycles. The molecule has 0 spiro atoms. The van der Waals surface area contributed by atoms with Crippen molar-refractivity contribution in [1.82, 2.24) is 14.5 Å². The number of nitrogens with two attached hydrogens (primary N) is 1. The maximum absolute atomic E-state index is 13.6. The standard InChI is InChI=1S/C38H44N6O6.BrH/c1-5-38(49)30-17-32-34-24(18-43(32)36(47)29(30)21-50-37(38)48)16-27-28(33(45)11-10-31(27)41-34)19-42-14-12-26(13-15-42)44(3,4)20-23-6-8-25(9-7-23)40-35(46)22(2)39;/h6-11,16-17,22,26,49H,5,12-15,18-21,39H2,1-4H3,(H-,40,45,46,47);1H/t22-,38-;/m0./s1. The number of aliphatic hydroxyl groups is 1. The number of benzene rings is 2. The van der Waals surface area contributed by atoms with Gasteiger partial charge < -0.3 is 52.0 Å². The van der Waals surface area contributed by atoms with E-state index in [2.05, 4.69) is 36.4 Å². The SMILES string of the molecule is CC[C@@]1(O)C(=O)OCc2c1cc1n(c2=O)Cc2cc3c(CN4CCC([N+](C)(C)Cc5ccc(NC(=O)[C@H](C)N)cc5)CC4)c(O)ccc3nc2-1.[Br-]. The van der Waals surface area contributed by atoms with Gasteiger partial charge in [-0.1, -0.05) is 19.1 Å². The summed E-state index contributed by atoms with van der Waals surface area (Å²) in [7, 11) is 4.53. The Labute approximate surface area is 307 Å². The molecule has 5 heterocycles. The lowest BCUT2D eigenvalue weighted by Gasteiger charge is -2.43. The Bertz CT molecular complexity index is 2070. The average Bonchev–Trinajstić information content (AvgIpc) is 3.46. The summed E-state index contributed by atoms with van der Waals surface area (Å²) in [6.45, 7) is 6.68. The van der Waals surface area contributed by atoms with Crippen molar-refractivity contribution in [1.29, 1.82) is 0 Å². The van der Waals surface area contributed by atoms with Crippen molar-refractivity contribution in [2.24, 2.45) is 5.73 Å². The summed E-state index contributed by atoms with van der Waals surface area (Å²) in [5, 5.41) is 25.9. The van der Waals surface area contributed by atoms with Crippen LogP contribution in [0, 0.1) is 0 Å². The van der Waals surface area contributed by atoms with Crippen molar-refractivity contribution < 1.29 is 46.0 Å². The van der Waals surface area contributed by atoms with E-state index < -0.39 is 17.6 Å². The molecule has 0 bridgehead atoms. The Kier molecular flexibility index (Phi) is 9.90. The lowest BCUT2D eigenvalue weighted by molar-refractivity contribution is -0.929. The predicted octanol–water partition coefficient (Wildman–Crippen LogP) is 0.316. The van der Waals surface area contributed by atoms with Crippen molar-refractivity contribution >= 4 is 28.5 Å². The van der Waals surface area contributed by atoms with E-state index in [9.17, 15) is 24.6 Å². The van der Waals surface area contributed by atoms with Gasteiger partial charge in [0.05, 0.1) is 55.2 Å². The van der Waals surface area contributed by atoms with E-state index >= 15 is 0 Å². The van der Waals surface area contributed by atoms with Crippen LogP contribution in [0.25, 0.3) is 22.3 Å². The molecule has 7 rings (SSSR count). The van der Waals surface area contributed by atoms with E-state index in [-0.39, 0.29) is 47.2 Å². The van der Waals surface area contributed by atoms with E-state index in [1.54, 1.807) is 36.6 Å². The van der Waals surface area contributed by atoms with Crippen LogP contribution in [0.4, 0.5) is 5.69 Å². The van der Waals surface area contributed by atoms with Crippen molar-refractivity contribution in [3.8, 4) is 17.1 Å². The molecule has 270 valence electrons. The van der Waals surface area contributed by atoms with Crippen molar-refractivity contribution in [2.45, 2.75) is 77.0 Å². The fourth-order valence-corrected chi connectivity index (χ4v) is 7.82. The van der Waals surface area contributed by atoms with Crippen LogP contribution >= 0.6 is 0 Å². The second-order valence-corrected chi connectivity index (χ2v) is 14.6. The average molecular weight is 762 g/mol. The largest absolute Gasteiger partial charge is 1.00 e. The molecule has 0 saturated carbocycles. The zero-order valence-electron chi connectivity index (χ0n) is 29.4. The summed E-state index contributed by atoms with van der Waals surface area (Å²) in [5.41, 5.74) is 9.58. The number of ether oxygens (including phenoxy) is 1. The van der Waals surface area contributed by atoms with Crippen LogP contribution in [0.1, 0.15) is 60.9 Å². The quantitative estimate of drug-likeness (QED) is 0.129. The molecule has 51 heavy (non-hydrogen) atoms. The number of nitrogens with one attached hydrogen (secondary N) is 1. The lowest BCUT2D eigenvalue weighted by atomic mass is 9.86. The molecule has 0 aliphatic carbocycles. The van der Waals surface area contributed by atoms with Gasteiger partial charge in [0.25, 0.3) is 5.56 Å². The fraction of sp³-hybridized carbons (Fsp3) is 0.421. The normalized spacial score (nSPS) is 19.5. The topological polar surface area (TPSA) is 160 Å². The van der Waals surface area contributed by atoms with Crippen LogP contribution in [-0.2, 0) is 46.2 Å². The van der Waals surface area contributed by atoms with Gasteiger partial charge in [-0.05, 0) is 49.7 Å². The Morgan fingerprint density at radius 3 is 2.51 bits per heavy atom. The number of anilines is 1. The maximum Gasteiger partial charge on any atom is 0.343 e. The number of quaternary nitrogens is 1. The number of carbonyl (C=O) groups is 2. The van der Waals surface area contributed by atoms with Crippen LogP contribution in [0.5, 0.6) is 5.75 Å². The summed E-state index contributed by atoms with van der Waals surface area (Å²) in [4.78, 5) is 45.4. The number of halogens is 1. The van der Waals surface area contributed by atoms with Crippen LogP contribution in [0.3, 0.4) is 0 Å². The first-order chi connectivity index (χ1) is 23.8. The number of phenols is 1. The third-order valence-electron chi connectivity index (χ3n) is 10.9. The van der Waals surface area contributed by atoms with Crippen LogP contribution in [-0.4, -0.2) is 80.3 Å². The molecule has 3 aliphatic heterocycles. The first kappa shape index (κ1) is 36.6. The van der Waals surface area contributed by atoms with Crippen molar-refractivity contribution in [2.75, 3.05) is 32.5 Å². The number of phenolic OH excluding ortho intramolecular Hbond substituents is 1. The van der Waals surface area contributed by atoms with Crippen molar-refractivity contribution in [3.63, 3.8) is 0 Å². The van der Waals surface area contributed by atoms with Crippen LogP contribution < -0.4 is 33.6 Å². The third kappa shape index (κ3) is 6.57. The zero-order chi connectivity index (χ0) is 35.5. The van der Waals surface area contributed by atoms with E-state index in [1.165, 1.54) is 5.56 Å². The predicted molar refractivity (Wildman–Crippen MR) is 189 cm³/mol. The number of pyridine rings is 2. The molecule has 2 atom stereocenters. The third-order valence-corrected chi connectivity index (χ3v) is 10.9. The second kappa shape index (κ2) is 13.8. The Morgan fingerprint density at radius 1 is 1.14 bits per heavy atom.